The quantitative estimate of drug-likeness (QED) is 0.881. The lowest BCUT2D eigenvalue weighted by atomic mass is 10.2. The molecule has 0 unspecified atom stereocenters. The van der Waals surface area contributed by atoms with Crippen molar-refractivity contribution in [2.45, 2.75) is 11.3 Å². The summed E-state index contributed by atoms with van der Waals surface area (Å²) in [5, 5.41) is 12.0. The van der Waals surface area contributed by atoms with Gasteiger partial charge in [-0.05, 0) is 43.8 Å². The summed E-state index contributed by atoms with van der Waals surface area (Å²) >= 11 is 0. The van der Waals surface area contributed by atoms with E-state index in [-0.39, 0.29) is 5.75 Å². The normalized spacial score (nSPS) is 17.4. The molecule has 0 amide bonds. The summed E-state index contributed by atoms with van der Waals surface area (Å²) in [4.78, 5) is 2.48. The first kappa shape index (κ1) is 15.0. The second-order valence-corrected chi connectivity index (χ2v) is 7.01. The first-order valence-corrected chi connectivity index (χ1v) is 8.43. The van der Waals surface area contributed by atoms with Crippen molar-refractivity contribution in [1.29, 1.82) is 5.26 Å². The zero-order chi connectivity index (χ0) is 14.4. The molecule has 0 aliphatic carbocycles. The molecule has 1 aliphatic heterocycles. The van der Waals surface area contributed by atoms with E-state index in [4.69, 9.17) is 5.26 Å². The highest BCUT2D eigenvalue weighted by atomic mass is 32.2. The molecule has 1 aliphatic rings. The molecule has 0 saturated carbocycles. The van der Waals surface area contributed by atoms with Gasteiger partial charge in [0.1, 0.15) is 0 Å². The van der Waals surface area contributed by atoms with Crippen molar-refractivity contribution in [1.82, 2.24) is 10.2 Å². The van der Waals surface area contributed by atoms with Crippen LogP contribution >= 0.6 is 0 Å². The van der Waals surface area contributed by atoms with Crippen LogP contribution in [0.15, 0.2) is 29.2 Å². The van der Waals surface area contributed by atoms with E-state index in [9.17, 15) is 8.42 Å². The van der Waals surface area contributed by atoms with Gasteiger partial charge in [0.05, 0.1) is 22.3 Å². The monoisotopic (exact) mass is 293 g/mol. The van der Waals surface area contributed by atoms with Crippen molar-refractivity contribution in [3.63, 3.8) is 0 Å². The fourth-order valence-electron chi connectivity index (χ4n) is 2.23. The van der Waals surface area contributed by atoms with Crippen LogP contribution in [0.3, 0.4) is 0 Å². The fraction of sp³-hybridized carbons (Fsp3) is 0.500. The molecule has 0 radical (unpaired) electrons. The Morgan fingerprint density at radius 2 is 1.95 bits per heavy atom. The van der Waals surface area contributed by atoms with E-state index < -0.39 is 9.84 Å². The van der Waals surface area contributed by atoms with Gasteiger partial charge in [-0.15, -0.1) is 0 Å². The highest BCUT2D eigenvalue weighted by molar-refractivity contribution is 7.91. The van der Waals surface area contributed by atoms with Crippen LogP contribution in [0.4, 0.5) is 0 Å². The highest BCUT2D eigenvalue weighted by Gasteiger charge is 2.17. The molecule has 0 atom stereocenters. The third-order valence-electron chi connectivity index (χ3n) is 3.45. The second kappa shape index (κ2) is 6.84. The van der Waals surface area contributed by atoms with E-state index in [0.29, 0.717) is 17.0 Å². The van der Waals surface area contributed by atoms with Gasteiger partial charge in [0, 0.05) is 19.6 Å². The van der Waals surface area contributed by atoms with Crippen LogP contribution in [0.5, 0.6) is 0 Å². The minimum atomic E-state index is -3.27. The van der Waals surface area contributed by atoms with Gasteiger partial charge >= 0.3 is 0 Å². The molecule has 0 bridgehead atoms. The minimum absolute atomic E-state index is 0.124. The number of benzene rings is 1. The Hall–Kier alpha value is -1.42. The second-order valence-electron chi connectivity index (χ2n) is 4.90. The molecule has 108 valence electrons. The number of rotatable bonds is 4. The molecule has 20 heavy (non-hydrogen) atoms. The van der Waals surface area contributed by atoms with Crippen LogP contribution in [0.2, 0.25) is 0 Å². The van der Waals surface area contributed by atoms with Crippen LogP contribution in [0.1, 0.15) is 12.0 Å². The first-order valence-electron chi connectivity index (χ1n) is 6.78. The molecule has 1 saturated heterocycles. The summed E-state index contributed by atoms with van der Waals surface area (Å²) in [5.74, 6) is 0.124. The van der Waals surface area contributed by atoms with E-state index in [0.717, 1.165) is 32.6 Å². The molecule has 1 fully saturated rings. The predicted molar refractivity (Wildman–Crippen MR) is 77.1 cm³/mol. The lowest BCUT2D eigenvalue weighted by Crippen LogP contribution is -2.32. The molecule has 2 rings (SSSR count). The van der Waals surface area contributed by atoms with Gasteiger partial charge in [-0.25, -0.2) is 8.42 Å². The highest BCUT2D eigenvalue weighted by Crippen LogP contribution is 2.12. The Morgan fingerprint density at radius 3 is 2.65 bits per heavy atom. The Balaban J connectivity index is 1.97. The maximum Gasteiger partial charge on any atom is 0.179 e. The number of nitriles is 1. The van der Waals surface area contributed by atoms with Gasteiger partial charge in [-0.1, -0.05) is 0 Å². The standard InChI is InChI=1S/C14H19N3O2S/c15-12-13-2-4-14(5-3-13)20(18,19)11-10-17-8-1-6-16-7-9-17/h2-5,16H,1,6-11H2. The van der Waals surface area contributed by atoms with Gasteiger partial charge in [0.15, 0.2) is 9.84 Å². The number of sulfone groups is 1. The number of nitrogens with zero attached hydrogens (tertiary/aromatic N) is 2. The lowest BCUT2D eigenvalue weighted by molar-refractivity contribution is 0.309. The van der Waals surface area contributed by atoms with Crippen molar-refractivity contribution >= 4 is 9.84 Å². The molecule has 1 N–H and O–H groups in total. The summed E-state index contributed by atoms with van der Waals surface area (Å²) in [7, 11) is -3.27. The largest absolute Gasteiger partial charge is 0.315 e. The zero-order valence-electron chi connectivity index (χ0n) is 11.4. The van der Waals surface area contributed by atoms with E-state index in [1.807, 2.05) is 6.07 Å². The fourth-order valence-corrected chi connectivity index (χ4v) is 3.51. The first-order chi connectivity index (χ1) is 9.62. The van der Waals surface area contributed by atoms with Gasteiger partial charge < -0.3 is 10.2 Å². The Bertz CT molecular complexity index is 567. The van der Waals surface area contributed by atoms with E-state index in [2.05, 4.69) is 10.2 Å². The van der Waals surface area contributed by atoms with E-state index in [1.165, 1.54) is 12.1 Å². The van der Waals surface area contributed by atoms with Gasteiger partial charge in [-0.2, -0.15) is 5.26 Å². The number of nitrogens with one attached hydrogen (secondary N) is 1. The molecule has 1 aromatic carbocycles. The lowest BCUT2D eigenvalue weighted by Gasteiger charge is -2.19. The predicted octanol–water partition coefficient (Wildman–Crippen LogP) is 0.627. The van der Waals surface area contributed by atoms with Crippen molar-refractivity contribution in [2.75, 3.05) is 38.5 Å². The minimum Gasteiger partial charge on any atom is -0.315 e. The number of hydrogen-bond donors (Lipinski definition) is 1. The Labute approximate surface area is 120 Å². The van der Waals surface area contributed by atoms with Crippen LogP contribution in [0, 0.1) is 11.3 Å². The van der Waals surface area contributed by atoms with Crippen LogP contribution in [0.25, 0.3) is 0 Å². The SMILES string of the molecule is N#Cc1ccc(S(=O)(=O)CCN2CCCNCC2)cc1. The molecule has 1 heterocycles. The molecule has 0 spiro atoms. The molecular formula is C14H19N3O2S. The van der Waals surface area contributed by atoms with E-state index >= 15 is 0 Å². The maximum atomic E-state index is 12.2. The summed E-state index contributed by atoms with van der Waals surface area (Å²) in [6, 6.07) is 8.10. The van der Waals surface area contributed by atoms with Gasteiger partial charge in [-0.3, -0.25) is 0 Å². The van der Waals surface area contributed by atoms with Gasteiger partial charge in [0.25, 0.3) is 0 Å². The average Bonchev–Trinajstić information content (AvgIpc) is 2.74. The molecule has 6 heteroatoms. The Morgan fingerprint density at radius 1 is 1.20 bits per heavy atom. The smallest absolute Gasteiger partial charge is 0.179 e. The third-order valence-corrected chi connectivity index (χ3v) is 5.16. The van der Waals surface area contributed by atoms with Crippen molar-refractivity contribution in [3.8, 4) is 6.07 Å². The van der Waals surface area contributed by atoms with Crippen molar-refractivity contribution in [3.05, 3.63) is 29.8 Å². The van der Waals surface area contributed by atoms with Crippen LogP contribution < -0.4 is 5.32 Å². The van der Waals surface area contributed by atoms with Crippen LogP contribution in [-0.4, -0.2) is 51.8 Å². The summed E-state index contributed by atoms with van der Waals surface area (Å²) in [6.45, 7) is 4.30. The van der Waals surface area contributed by atoms with Crippen LogP contribution in [-0.2, 0) is 9.84 Å². The number of hydrogen-bond acceptors (Lipinski definition) is 5. The molecule has 0 aromatic heterocycles. The summed E-state index contributed by atoms with van der Waals surface area (Å²) in [6.07, 6.45) is 1.05. The van der Waals surface area contributed by atoms with E-state index in [1.54, 1.807) is 12.1 Å². The zero-order valence-corrected chi connectivity index (χ0v) is 12.2. The molecular weight excluding hydrogens is 274 g/mol. The maximum absolute atomic E-state index is 12.2. The van der Waals surface area contributed by atoms with Crippen molar-refractivity contribution < 1.29 is 8.42 Å². The Kier molecular flexibility index (Phi) is 5.12. The summed E-state index contributed by atoms with van der Waals surface area (Å²) in [5.41, 5.74) is 0.475. The average molecular weight is 293 g/mol. The molecule has 5 nitrogen and oxygen atoms in total. The van der Waals surface area contributed by atoms with Crippen molar-refractivity contribution in [2.24, 2.45) is 0 Å². The third kappa shape index (κ3) is 4.04. The summed E-state index contributed by atoms with van der Waals surface area (Å²) < 4.78 is 24.5. The topological polar surface area (TPSA) is 73.2 Å². The molecule has 1 aromatic rings. The van der Waals surface area contributed by atoms with Gasteiger partial charge in [0.2, 0.25) is 0 Å².